The van der Waals surface area contributed by atoms with Gasteiger partial charge in [0.2, 0.25) is 0 Å². The fourth-order valence-electron chi connectivity index (χ4n) is 10.8. The molecule has 0 aromatic heterocycles. The van der Waals surface area contributed by atoms with Crippen molar-refractivity contribution < 1.29 is 0 Å². The number of hydrogen-bond donors (Lipinski definition) is 0. The first-order valence-electron chi connectivity index (χ1n) is 25.9. The summed E-state index contributed by atoms with van der Waals surface area (Å²) in [5.41, 5.74) is 11.3. The van der Waals surface area contributed by atoms with E-state index in [1.165, 1.54) is 114 Å². The molecule has 0 bridgehead atoms. The number of fused-ring (bicyclic) bond motifs is 1. The maximum absolute atomic E-state index is 9.99. The van der Waals surface area contributed by atoms with Gasteiger partial charge in [0.15, 0.2) is 0 Å². The second-order valence-corrected chi connectivity index (χ2v) is 19.2. The molecule has 4 heteroatoms. The van der Waals surface area contributed by atoms with Crippen molar-refractivity contribution in [2.24, 2.45) is 0 Å². The largest absolute Gasteiger partial charge is 0.322 e. The molecule has 6 aromatic rings. The van der Waals surface area contributed by atoms with Crippen LogP contribution in [-0.2, 0) is 23.9 Å². The Morgan fingerprint density at radius 1 is 0.353 bits per heavy atom. The van der Waals surface area contributed by atoms with Crippen LogP contribution in [0.4, 0.5) is 11.4 Å². The second-order valence-electron chi connectivity index (χ2n) is 19.2. The number of anilines is 2. The van der Waals surface area contributed by atoms with Gasteiger partial charge in [-0.1, -0.05) is 213 Å². The number of aryl methyl sites for hydroxylation is 2. The summed E-state index contributed by atoms with van der Waals surface area (Å²) in [6.07, 6.45) is 28.0. The van der Waals surface area contributed by atoms with E-state index in [1.807, 2.05) is 24.3 Å². The first kappa shape index (κ1) is 47.9. The number of nitrogens with zero attached hydrogens (tertiary/aromatic N) is 4. The van der Waals surface area contributed by atoms with E-state index in [0.29, 0.717) is 11.1 Å². The summed E-state index contributed by atoms with van der Waals surface area (Å²) in [4.78, 5) is 5.11. The van der Waals surface area contributed by atoms with E-state index in [2.05, 4.69) is 181 Å². The number of benzene rings is 6. The SMILES string of the molecule is CCCCCCCCCCc1ccc(N2C3=CC(c4ccccc4)(c4ccc(C#N)cc4)N(c4ccc(CCCCCCCCCC)cc4)C3=CC2(c2ccccc2)c2ccc(C#N)cc2)cc1. The summed E-state index contributed by atoms with van der Waals surface area (Å²) in [5, 5.41) is 20.0. The van der Waals surface area contributed by atoms with E-state index in [9.17, 15) is 10.5 Å². The highest BCUT2D eigenvalue weighted by Crippen LogP contribution is 2.59. The maximum atomic E-state index is 9.99. The Kier molecular flexibility index (Phi) is 16.5. The molecule has 0 saturated heterocycles. The standard InChI is InChI=1S/C64H70N4/c1-3-5-7-9-11-13-15-19-25-51-35-43-59(44-36-51)67-61-47-64(56-29-23-18-24-30-56,58-41-33-54(50-66)34-42-58)68(60-45-37-52(38-46-60)26-20-16-14-12-10-8-6-4-2)62(61)48-63(67,55-27-21-17-22-28-55)57-39-31-53(49-65)32-40-57/h17-18,21-24,27-48H,3-16,19-20,25-26H2,1-2H3. The van der Waals surface area contributed by atoms with Crippen LogP contribution in [0.15, 0.2) is 181 Å². The third-order valence-electron chi connectivity index (χ3n) is 14.5. The summed E-state index contributed by atoms with van der Waals surface area (Å²) in [6.45, 7) is 4.57. The molecule has 6 aromatic carbocycles. The quantitative estimate of drug-likeness (QED) is 0.0568. The molecule has 0 saturated carbocycles. The Labute approximate surface area is 408 Å². The van der Waals surface area contributed by atoms with Gasteiger partial charge in [-0.3, -0.25) is 0 Å². The summed E-state index contributed by atoms with van der Waals surface area (Å²) in [6, 6.07) is 61.5. The van der Waals surface area contributed by atoms with Crippen LogP contribution >= 0.6 is 0 Å². The molecule has 0 aliphatic carbocycles. The van der Waals surface area contributed by atoms with Gasteiger partial charge >= 0.3 is 0 Å². The van der Waals surface area contributed by atoms with Crippen LogP contribution < -0.4 is 9.80 Å². The Bertz CT molecular complexity index is 2460. The van der Waals surface area contributed by atoms with Crippen molar-refractivity contribution in [1.82, 2.24) is 0 Å². The highest BCUT2D eigenvalue weighted by atomic mass is 15.3. The Hall–Kier alpha value is -6.62. The van der Waals surface area contributed by atoms with Crippen LogP contribution in [-0.4, -0.2) is 0 Å². The van der Waals surface area contributed by atoms with Crippen molar-refractivity contribution in [3.63, 3.8) is 0 Å². The average Bonchev–Trinajstić information content (AvgIpc) is 3.91. The van der Waals surface area contributed by atoms with Crippen LogP contribution in [0.1, 0.15) is 161 Å². The van der Waals surface area contributed by atoms with Crippen LogP contribution in [0.5, 0.6) is 0 Å². The lowest BCUT2D eigenvalue weighted by Gasteiger charge is -2.43. The molecule has 2 aliphatic heterocycles. The Morgan fingerprint density at radius 2 is 0.662 bits per heavy atom. The molecule has 0 spiro atoms. The minimum atomic E-state index is -0.766. The Balaban J connectivity index is 1.25. The highest BCUT2D eigenvalue weighted by molar-refractivity contribution is 5.82. The monoisotopic (exact) mass is 895 g/mol. The highest BCUT2D eigenvalue weighted by Gasteiger charge is 2.56. The third-order valence-corrected chi connectivity index (χ3v) is 14.5. The van der Waals surface area contributed by atoms with Gasteiger partial charge < -0.3 is 9.80 Å². The smallest absolute Gasteiger partial charge is 0.116 e. The molecule has 2 unspecified atom stereocenters. The predicted octanol–water partition coefficient (Wildman–Crippen LogP) is 16.8. The first-order valence-corrected chi connectivity index (χ1v) is 25.9. The zero-order chi connectivity index (χ0) is 47.0. The predicted molar refractivity (Wildman–Crippen MR) is 283 cm³/mol. The first-order chi connectivity index (χ1) is 33.5. The lowest BCUT2D eigenvalue weighted by atomic mass is 9.79. The molecule has 0 amide bonds. The normalized spacial score (nSPS) is 17.4. The summed E-state index contributed by atoms with van der Waals surface area (Å²) < 4.78 is 0. The Morgan fingerprint density at radius 3 is 0.985 bits per heavy atom. The molecule has 8 rings (SSSR count). The number of nitriles is 2. The molecule has 68 heavy (non-hydrogen) atoms. The average molecular weight is 895 g/mol. The summed E-state index contributed by atoms with van der Waals surface area (Å²) in [5.74, 6) is 0. The van der Waals surface area contributed by atoms with Crippen LogP contribution in [0, 0.1) is 22.7 Å². The topological polar surface area (TPSA) is 54.1 Å². The van der Waals surface area contributed by atoms with Gasteiger partial charge in [-0.2, -0.15) is 10.5 Å². The van der Waals surface area contributed by atoms with E-state index in [4.69, 9.17) is 0 Å². The van der Waals surface area contributed by atoms with Crippen LogP contribution in [0.2, 0.25) is 0 Å². The zero-order valence-corrected chi connectivity index (χ0v) is 40.7. The van der Waals surface area contributed by atoms with E-state index in [1.54, 1.807) is 0 Å². The van der Waals surface area contributed by atoms with Crippen LogP contribution in [0.3, 0.4) is 0 Å². The van der Waals surface area contributed by atoms with E-state index < -0.39 is 11.1 Å². The lowest BCUT2D eigenvalue weighted by Crippen LogP contribution is -2.44. The van der Waals surface area contributed by atoms with E-state index >= 15 is 0 Å². The third kappa shape index (κ3) is 10.4. The number of hydrogen-bond acceptors (Lipinski definition) is 4. The number of unbranched alkanes of at least 4 members (excludes halogenated alkanes) is 14. The molecule has 2 aliphatic rings. The van der Waals surface area contributed by atoms with E-state index in [0.717, 1.165) is 57.9 Å². The van der Waals surface area contributed by atoms with Gasteiger partial charge in [-0.25, -0.2) is 0 Å². The van der Waals surface area contributed by atoms with Gasteiger partial charge in [0.05, 0.1) is 34.7 Å². The maximum Gasteiger partial charge on any atom is 0.116 e. The summed E-state index contributed by atoms with van der Waals surface area (Å²) >= 11 is 0. The molecule has 0 radical (unpaired) electrons. The summed E-state index contributed by atoms with van der Waals surface area (Å²) in [7, 11) is 0. The van der Waals surface area contributed by atoms with Crippen molar-refractivity contribution in [3.8, 4) is 12.1 Å². The number of rotatable bonds is 24. The van der Waals surface area contributed by atoms with Gasteiger partial charge in [-0.15, -0.1) is 0 Å². The van der Waals surface area contributed by atoms with Gasteiger partial charge in [0.25, 0.3) is 0 Å². The van der Waals surface area contributed by atoms with E-state index in [-0.39, 0.29) is 0 Å². The molecule has 4 nitrogen and oxygen atoms in total. The fraction of sp³-hybridized carbons (Fsp3) is 0.344. The van der Waals surface area contributed by atoms with Crippen molar-refractivity contribution in [1.29, 1.82) is 10.5 Å². The molecular weight excluding hydrogens is 825 g/mol. The zero-order valence-electron chi connectivity index (χ0n) is 40.7. The van der Waals surface area contributed by atoms with Gasteiger partial charge in [-0.05, 0) is 120 Å². The molecule has 2 heterocycles. The van der Waals surface area contributed by atoms with Crippen molar-refractivity contribution in [2.45, 2.75) is 141 Å². The minimum absolute atomic E-state index is 0.636. The van der Waals surface area contributed by atoms with Crippen LogP contribution in [0.25, 0.3) is 0 Å². The minimum Gasteiger partial charge on any atom is -0.322 e. The van der Waals surface area contributed by atoms with Crippen molar-refractivity contribution in [3.05, 3.63) is 226 Å². The molecule has 0 N–H and O–H groups in total. The molecule has 2 atom stereocenters. The molecule has 0 fully saturated rings. The fourth-order valence-corrected chi connectivity index (χ4v) is 10.8. The second kappa shape index (κ2) is 23.4. The van der Waals surface area contributed by atoms with Crippen molar-refractivity contribution >= 4 is 11.4 Å². The molecular formula is C64H70N4. The lowest BCUT2D eigenvalue weighted by molar-refractivity contribution is 0.575. The van der Waals surface area contributed by atoms with Gasteiger partial charge in [0, 0.05) is 11.4 Å². The van der Waals surface area contributed by atoms with Gasteiger partial charge in [0.1, 0.15) is 11.1 Å². The van der Waals surface area contributed by atoms with Crippen molar-refractivity contribution in [2.75, 3.05) is 9.80 Å². The molecule has 346 valence electrons.